The number of halogens is 2. The summed E-state index contributed by atoms with van der Waals surface area (Å²) in [6.45, 7) is 5.34. The van der Waals surface area contributed by atoms with E-state index < -0.39 is 0 Å². The predicted molar refractivity (Wildman–Crippen MR) is 69.8 cm³/mol. The summed E-state index contributed by atoms with van der Waals surface area (Å²) in [4.78, 5) is 11.0. The smallest absolute Gasteiger partial charge is 0.147 e. The minimum absolute atomic E-state index is 0.0290. The number of hydrogen-bond donors (Lipinski definition) is 0. The molecule has 0 N–H and O–H groups in total. The number of Topliss-reactive ketones (excluding diaryl/α,β-unsaturated/α-hetero) is 1. The van der Waals surface area contributed by atoms with Gasteiger partial charge in [-0.3, -0.25) is 4.79 Å². The van der Waals surface area contributed by atoms with E-state index >= 15 is 0 Å². The number of carbonyl (C=O) groups excluding carboxylic acids is 1. The fraction of sp³-hybridized carbons (Fsp3) is 0.417. The first kappa shape index (κ1) is 13.5. The third-order valence-electron chi connectivity index (χ3n) is 2.52. The first-order chi connectivity index (χ1) is 7.40. The number of benzene rings is 1. The molecule has 0 saturated carbocycles. The minimum atomic E-state index is -0.374. The Balaban J connectivity index is 3.47. The third-order valence-corrected chi connectivity index (χ3v) is 4.21. The summed E-state index contributed by atoms with van der Waals surface area (Å²) in [6.07, 6.45) is 0. The molecule has 1 aromatic carbocycles. The molecule has 0 heterocycles. The first-order valence-electron chi connectivity index (χ1n) is 4.88. The van der Waals surface area contributed by atoms with Crippen molar-refractivity contribution >= 4 is 33.3 Å². The Morgan fingerprint density at radius 2 is 2.06 bits per heavy atom. The highest BCUT2D eigenvalue weighted by atomic mass is 79.9. The van der Waals surface area contributed by atoms with Gasteiger partial charge in [0.1, 0.15) is 16.4 Å². The van der Waals surface area contributed by atoms with Gasteiger partial charge in [-0.15, -0.1) is 0 Å². The molecule has 0 aliphatic heterocycles. The van der Waals surface area contributed by atoms with Crippen molar-refractivity contribution in [3.05, 3.63) is 27.8 Å². The van der Waals surface area contributed by atoms with E-state index in [1.54, 1.807) is 7.11 Å². The van der Waals surface area contributed by atoms with E-state index in [0.717, 1.165) is 16.7 Å². The Labute approximate surface area is 109 Å². The summed E-state index contributed by atoms with van der Waals surface area (Å²) in [5.74, 6) is 0.720. The normalized spacial score (nSPS) is 12.4. The lowest BCUT2D eigenvalue weighted by molar-refractivity contribution is -0.116. The number of aryl methyl sites for hydroxylation is 1. The van der Waals surface area contributed by atoms with Crippen LogP contribution in [0.5, 0.6) is 5.75 Å². The van der Waals surface area contributed by atoms with Gasteiger partial charge in [-0.05, 0) is 38.0 Å². The second-order valence-corrected chi connectivity index (χ2v) is 5.02. The van der Waals surface area contributed by atoms with E-state index in [9.17, 15) is 4.79 Å². The molecular weight excluding hydrogens is 291 g/mol. The molecule has 2 nitrogen and oxygen atoms in total. The van der Waals surface area contributed by atoms with E-state index in [2.05, 4.69) is 15.9 Å². The number of ketones is 1. The van der Waals surface area contributed by atoms with Crippen molar-refractivity contribution in [2.24, 2.45) is 0 Å². The third kappa shape index (κ3) is 2.41. The van der Waals surface area contributed by atoms with Crippen molar-refractivity contribution in [3.63, 3.8) is 0 Å². The van der Waals surface area contributed by atoms with Crippen molar-refractivity contribution in [3.8, 4) is 5.75 Å². The van der Waals surface area contributed by atoms with Gasteiger partial charge in [-0.25, -0.2) is 0 Å². The number of rotatable bonds is 3. The fourth-order valence-electron chi connectivity index (χ4n) is 1.62. The van der Waals surface area contributed by atoms with E-state index in [1.165, 1.54) is 6.92 Å². The lowest BCUT2D eigenvalue weighted by Gasteiger charge is -2.17. The topological polar surface area (TPSA) is 26.3 Å². The molecule has 16 heavy (non-hydrogen) atoms. The van der Waals surface area contributed by atoms with Gasteiger partial charge in [0.05, 0.1) is 7.11 Å². The maximum absolute atomic E-state index is 11.4. The van der Waals surface area contributed by atoms with Crippen LogP contribution in [0.1, 0.15) is 28.4 Å². The van der Waals surface area contributed by atoms with Gasteiger partial charge in [0, 0.05) is 10.6 Å². The summed E-state index contributed by atoms with van der Waals surface area (Å²) in [6, 6.07) is 1.85. The number of ether oxygens (including phenoxy) is 1. The lowest BCUT2D eigenvalue weighted by Crippen LogP contribution is -2.06. The monoisotopic (exact) mass is 304 g/mol. The molecule has 0 amide bonds. The van der Waals surface area contributed by atoms with Gasteiger partial charge >= 0.3 is 0 Å². The highest BCUT2D eigenvalue weighted by Gasteiger charge is 2.22. The van der Waals surface area contributed by atoms with E-state index in [4.69, 9.17) is 16.3 Å². The van der Waals surface area contributed by atoms with Crippen LogP contribution in [-0.2, 0) is 4.79 Å². The summed E-state index contributed by atoms with van der Waals surface area (Å²) in [5, 5.41) is 0.682. The second kappa shape index (κ2) is 5.19. The molecule has 0 radical (unpaired) electrons. The minimum Gasteiger partial charge on any atom is -0.496 e. The Morgan fingerprint density at radius 1 is 1.50 bits per heavy atom. The SMILES string of the molecule is COc1cc(C)c(Cl)c(C)c1C(Br)C(C)=O. The van der Waals surface area contributed by atoms with Crippen molar-refractivity contribution in [2.75, 3.05) is 7.11 Å². The molecule has 1 unspecified atom stereocenters. The van der Waals surface area contributed by atoms with Gasteiger partial charge < -0.3 is 4.74 Å². The zero-order chi connectivity index (χ0) is 12.5. The largest absolute Gasteiger partial charge is 0.496 e. The maximum atomic E-state index is 11.4. The van der Waals surface area contributed by atoms with Gasteiger partial charge in [0.25, 0.3) is 0 Å². The van der Waals surface area contributed by atoms with Crippen LogP contribution in [0.15, 0.2) is 6.07 Å². The van der Waals surface area contributed by atoms with Gasteiger partial charge in [-0.1, -0.05) is 27.5 Å². The summed E-state index contributed by atoms with van der Waals surface area (Å²) in [5.41, 5.74) is 2.64. The summed E-state index contributed by atoms with van der Waals surface area (Å²) >= 11 is 9.54. The Morgan fingerprint density at radius 3 is 2.50 bits per heavy atom. The Kier molecular flexibility index (Phi) is 4.39. The standard InChI is InChI=1S/C12H14BrClO2/c1-6-5-9(16-4)10(7(2)12(6)14)11(13)8(3)15/h5,11H,1-4H3. The van der Waals surface area contributed by atoms with E-state index in [0.29, 0.717) is 10.8 Å². The van der Waals surface area contributed by atoms with Crippen LogP contribution in [0.25, 0.3) is 0 Å². The maximum Gasteiger partial charge on any atom is 0.147 e. The molecule has 0 bridgehead atoms. The number of carbonyl (C=O) groups is 1. The van der Waals surface area contributed by atoms with Crippen molar-refractivity contribution in [1.82, 2.24) is 0 Å². The summed E-state index contributed by atoms with van der Waals surface area (Å²) < 4.78 is 5.29. The molecule has 0 spiro atoms. The molecule has 1 atom stereocenters. The van der Waals surface area contributed by atoms with Crippen LogP contribution in [0.3, 0.4) is 0 Å². The fourth-order valence-corrected chi connectivity index (χ4v) is 2.35. The Bertz CT molecular complexity index is 430. The highest BCUT2D eigenvalue weighted by Crippen LogP contribution is 2.39. The number of alkyl halides is 1. The zero-order valence-corrected chi connectivity index (χ0v) is 12.1. The summed E-state index contributed by atoms with van der Waals surface area (Å²) in [7, 11) is 1.59. The molecule has 0 aromatic heterocycles. The van der Waals surface area contributed by atoms with Crippen LogP contribution in [0.2, 0.25) is 5.02 Å². The van der Waals surface area contributed by atoms with Gasteiger partial charge in [-0.2, -0.15) is 0 Å². The van der Waals surface area contributed by atoms with Crippen LogP contribution >= 0.6 is 27.5 Å². The quantitative estimate of drug-likeness (QED) is 0.789. The molecule has 1 aromatic rings. The van der Waals surface area contributed by atoms with Crippen molar-refractivity contribution in [1.29, 1.82) is 0 Å². The molecule has 1 rings (SSSR count). The van der Waals surface area contributed by atoms with Crippen LogP contribution in [0, 0.1) is 13.8 Å². The average molecular weight is 306 g/mol. The average Bonchev–Trinajstić information content (AvgIpc) is 2.24. The Hall–Kier alpha value is -0.540. The van der Waals surface area contributed by atoms with Crippen LogP contribution in [0.4, 0.5) is 0 Å². The lowest BCUT2D eigenvalue weighted by atomic mass is 9.99. The number of methoxy groups -OCH3 is 1. The molecular formula is C12H14BrClO2. The molecule has 0 aliphatic rings. The molecule has 4 heteroatoms. The highest BCUT2D eigenvalue weighted by molar-refractivity contribution is 9.09. The van der Waals surface area contributed by atoms with Crippen LogP contribution in [-0.4, -0.2) is 12.9 Å². The predicted octanol–water partition coefficient (Wildman–Crippen LogP) is 3.99. The van der Waals surface area contributed by atoms with Crippen molar-refractivity contribution in [2.45, 2.75) is 25.6 Å². The second-order valence-electron chi connectivity index (χ2n) is 3.72. The van der Waals surface area contributed by atoms with E-state index in [-0.39, 0.29) is 10.6 Å². The molecule has 0 fully saturated rings. The molecule has 0 saturated heterocycles. The van der Waals surface area contributed by atoms with Crippen molar-refractivity contribution < 1.29 is 9.53 Å². The zero-order valence-electron chi connectivity index (χ0n) is 9.73. The van der Waals surface area contributed by atoms with E-state index in [1.807, 2.05) is 19.9 Å². The number of hydrogen-bond acceptors (Lipinski definition) is 2. The van der Waals surface area contributed by atoms with Crippen LogP contribution < -0.4 is 4.74 Å². The molecule has 0 aliphatic carbocycles. The molecule has 88 valence electrons. The van der Waals surface area contributed by atoms with Gasteiger partial charge in [0.2, 0.25) is 0 Å². The first-order valence-corrected chi connectivity index (χ1v) is 6.17. The van der Waals surface area contributed by atoms with Gasteiger partial charge in [0.15, 0.2) is 0 Å².